The van der Waals surface area contributed by atoms with E-state index in [0.717, 1.165) is 28.2 Å². The Hall–Kier alpha value is -2.50. The summed E-state index contributed by atoms with van der Waals surface area (Å²) >= 11 is 1.79. The van der Waals surface area contributed by atoms with Gasteiger partial charge in [-0.3, -0.25) is 9.59 Å². The van der Waals surface area contributed by atoms with E-state index < -0.39 is 5.82 Å². The van der Waals surface area contributed by atoms with Gasteiger partial charge in [0.1, 0.15) is 5.82 Å². The van der Waals surface area contributed by atoms with Crippen molar-refractivity contribution in [3.63, 3.8) is 0 Å². The number of carbonyl (C=O) groups is 2. The van der Waals surface area contributed by atoms with Gasteiger partial charge in [-0.15, -0.1) is 0 Å². The fraction of sp³-hybridized carbons (Fsp3) is 0.280. The average Bonchev–Trinajstić information content (AvgIpc) is 2.72. The van der Waals surface area contributed by atoms with Crippen LogP contribution in [0.5, 0.6) is 0 Å². The van der Waals surface area contributed by atoms with Crippen LogP contribution in [0.2, 0.25) is 0 Å². The lowest BCUT2D eigenvalue weighted by atomic mass is 9.86. The highest BCUT2D eigenvalue weighted by Crippen LogP contribution is 2.31. The van der Waals surface area contributed by atoms with Crippen LogP contribution in [0, 0.1) is 5.82 Å². The van der Waals surface area contributed by atoms with Crippen LogP contribution in [0.4, 0.5) is 4.39 Å². The number of carbonyl (C=O) groups excluding carboxylic acids is 2. The van der Waals surface area contributed by atoms with Crippen molar-refractivity contribution in [1.29, 1.82) is 0 Å². The molecule has 0 radical (unpaired) electrons. The van der Waals surface area contributed by atoms with Crippen molar-refractivity contribution in [3.05, 3.63) is 88.3 Å². The van der Waals surface area contributed by atoms with E-state index in [4.69, 9.17) is 5.73 Å². The molecule has 158 valence electrons. The van der Waals surface area contributed by atoms with E-state index in [-0.39, 0.29) is 17.6 Å². The third-order valence-corrected chi connectivity index (χ3v) is 5.59. The first kappa shape index (κ1) is 23.8. The Morgan fingerprint density at radius 1 is 1.13 bits per heavy atom. The van der Waals surface area contributed by atoms with Crippen LogP contribution in [0.15, 0.2) is 60.2 Å². The summed E-state index contributed by atoms with van der Waals surface area (Å²) < 4.78 is 13.3. The molecular weight excluding hydrogens is 397 g/mol. The van der Waals surface area contributed by atoms with Crippen LogP contribution in [0.1, 0.15) is 54.7 Å². The maximum atomic E-state index is 13.3. The van der Waals surface area contributed by atoms with E-state index in [2.05, 4.69) is 6.92 Å². The molecule has 30 heavy (non-hydrogen) atoms. The molecule has 0 saturated carbocycles. The lowest BCUT2D eigenvalue weighted by Gasteiger charge is -2.19. The molecule has 2 rings (SSSR count). The number of nitrogens with two attached hydrogens (primary N) is 1. The van der Waals surface area contributed by atoms with Crippen molar-refractivity contribution in [2.24, 2.45) is 5.73 Å². The fourth-order valence-electron chi connectivity index (χ4n) is 3.23. The van der Waals surface area contributed by atoms with Crippen LogP contribution in [0.25, 0.3) is 5.57 Å². The SMILES string of the molecule is C/C=C(\C(=C/C(C)=O)C(C)N)c1cc(CSCC)ccc1C(=O)c1ccc(F)cc1. The molecule has 0 spiro atoms. The van der Waals surface area contributed by atoms with Crippen LogP contribution in [-0.2, 0) is 10.5 Å². The Morgan fingerprint density at radius 2 is 1.80 bits per heavy atom. The summed E-state index contributed by atoms with van der Waals surface area (Å²) in [5.74, 6) is 1.10. The number of allylic oxidation sites excluding steroid dienone is 2. The number of halogens is 1. The summed E-state index contributed by atoms with van der Waals surface area (Å²) in [5.41, 5.74) is 10.3. The third-order valence-electron chi connectivity index (χ3n) is 4.65. The van der Waals surface area contributed by atoms with E-state index >= 15 is 0 Å². The van der Waals surface area contributed by atoms with Gasteiger partial charge in [-0.05, 0) is 85.2 Å². The molecule has 0 amide bonds. The second-order valence-electron chi connectivity index (χ2n) is 7.05. The van der Waals surface area contributed by atoms with Crippen LogP contribution >= 0.6 is 11.8 Å². The van der Waals surface area contributed by atoms with Gasteiger partial charge >= 0.3 is 0 Å². The second kappa shape index (κ2) is 11.0. The van der Waals surface area contributed by atoms with E-state index in [1.807, 2.05) is 38.1 Å². The van der Waals surface area contributed by atoms with Crippen molar-refractivity contribution >= 4 is 28.9 Å². The molecule has 1 atom stereocenters. The van der Waals surface area contributed by atoms with E-state index in [9.17, 15) is 14.0 Å². The van der Waals surface area contributed by atoms with Gasteiger partial charge < -0.3 is 5.73 Å². The van der Waals surface area contributed by atoms with E-state index in [0.29, 0.717) is 16.7 Å². The molecule has 3 nitrogen and oxygen atoms in total. The van der Waals surface area contributed by atoms with Gasteiger partial charge in [0.25, 0.3) is 0 Å². The molecule has 2 aromatic rings. The molecule has 0 aliphatic carbocycles. The zero-order chi connectivity index (χ0) is 22.3. The Morgan fingerprint density at radius 3 is 2.33 bits per heavy atom. The second-order valence-corrected chi connectivity index (χ2v) is 8.33. The van der Waals surface area contributed by atoms with Gasteiger partial charge in [-0.25, -0.2) is 4.39 Å². The lowest BCUT2D eigenvalue weighted by molar-refractivity contribution is -0.112. The number of benzene rings is 2. The Kier molecular flexibility index (Phi) is 8.75. The van der Waals surface area contributed by atoms with Crippen LogP contribution in [0.3, 0.4) is 0 Å². The van der Waals surface area contributed by atoms with Crippen molar-refractivity contribution in [2.45, 2.75) is 39.5 Å². The van der Waals surface area contributed by atoms with Gasteiger partial charge in [0.15, 0.2) is 11.6 Å². The standard InChI is InChI=1S/C25H28FNO2S/c1-5-21(23(17(4)27)13-16(3)28)24-14-18(15-30-6-2)7-12-22(24)25(29)19-8-10-20(26)11-9-19/h5,7-14,17H,6,15,27H2,1-4H3/b21-5+,23-13-. The number of thioether (sulfide) groups is 1. The number of rotatable bonds is 9. The molecule has 0 saturated heterocycles. The molecule has 0 heterocycles. The maximum Gasteiger partial charge on any atom is 0.193 e. The summed E-state index contributed by atoms with van der Waals surface area (Å²) in [6, 6.07) is 10.9. The monoisotopic (exact) mass is 425 g/mol. The maximum absolute atomic E-state index is 13.3. The molecular formula is C25H28FNO2S. The zero-order valence-corrected chi connectivity index (χ0v) is 18.7. The molecule has 5 heteroatoms. The predicted octanol–water partition coefficient (Wildman–Crippen LogP) is 5.58. The largest absolute Gasteiger partial charge is 0.324 e. The van der Waals surface area contributed by atoms with Crippen molar-refractivity contribution < 1.29 is 14.0 Å². The fourth-order valence-corrected chi connectivity index (χ4v) is 3.85. The topological polar surface area (TPSA) is 60.2 Å². The van der Waals surface area contributed by atoms with Gasteiger partial charge in [0, 0.05) is 22.9 Å². The lowest BCUT2D eigenvalue weighted by Crippen LogP contribution is -2.21. The number of ketones is 2. The minimum Gasteiger partial charge on any atom is -0.324 e. The molecule has 0 bridgehead atoms. The Labute approximate surface area is 182 Å². The highest BCUT2D eigenvalue weighted by Gasteiger charge is 2.20. The van der Waals surface area contributed by atoms with Crippen molar-refractivity contribution in [3.8, 4) is 0 Å². The quantitative estimate of drug-likeness (QED) is 0.324. The summed E-state index contributed by atoms with van der Waals surface area (Å²) in [6.07, 6.45) is 3.41. The van der Waals surface area contributed by atoms with E-state index in [1.54, 1.807) is 11.8 Å². The van der Waals surface area contributed by atoms with Crippen molar-refractivity contribution in [1.82, 2.24) is 0 Å². The van der Waals surface area contributed by atoms with Crippen LogP contribution in [-0.4, -0.2) is 23.4 Å². The first-order chi connectivity index (χ1) is 14.3. The molecule has 0 fully saturated rings. The normalized spacial score (nSPS) is 13.3. The summed E-state index contributed by atoms with van der Waals surface area (Å²) in [4.78, 5) is 25.1. The third kappa shape index (κ3) is 6.00. The van der Waals surface area contributed by atoms with Gasteiger partial charge in [0.05, 0.1) is 0 Å². The van der Waals surface area contributed by atoms with Crippen molar-refractivity contribution in [2.75, 3.05) is 5.75 Å². The predicted molar refractivity (Wildman–Crippen MR) is 124 cm³/mol. The van der Waals surface area contributed by atoms with Gasteiger partial charge in [-0.1, -0.05) is 25.1 Å². The molecule has 2 aromatic carbocycles. The number of hydrogen-bond donors (Lipinski definition) is 1. The minimum atomic E-state index is -0.392. The van der Waals surface area contributed by atoms with Gasteiger partial charge in [-0.2, -0.15) is 11.8 Å². The molecule has 0 aromatic heterocycles. The number of hydrogen-bond acceptors (Lipinski definition) is 4. The first-order valence-electron chi connectivity index (χ1n) is 9.94. The zero-order valence-electron chi connectivity index (χ0n) is 17.9. The van der Waals surface area contributed by atoms with E-state index in [1.165, 1.54) is 37.3 Å². The molecule has 1 unspecified atom stereocenters. The molecule has 0 aliphatic rings. The summed E-state index contributed by atoms with van der Waals surface area (Å²) in [5, 5.41) is 0. The molecule has 0 aliphatic heterocycles. The average molecular weight is 426 g/mol. The summed E-state index contributed by atoms with van der Waals surface area (Å²) in [7, 11) is 0. The van der Waals surface area contributed by atoms with Crippen LogP contribution < -0.4 is 5.73 Å². The Balaban J connectivity index is 2.67. The van der Waals surface area contributed by atoms with Gasteiger partial charge in [0.2, 0.25) is 0 Å². The first-order valence-corrected chi connectivity index (χ1v) is 11.1. The minimum absolute atomic E-state index is 0.106. The highest BCUT2D eigenvalue weighted by molar-refractivity contribution is 7.98. The highest BCUT2D eigenvalue weighted by atomic mass is 32.2. The smallest absolute Gasteiger partial charge is 0.193 e. The Bertz CT molecular complexity index is 975. The molecule has 2 N–H and O–H groups in total. The summed E-state index contributed by atoms with van der Waals surface area (Å²) in [6.45, 7) is 7.26.